The topological polar surface area (TPSA) is 58.2 Å². The zero-order valence-electron chi connectivity index (χ0n) is 7.46. The molecule has 1 aromatic heterocycles. The Morgan fingerprint density at radius 3 is 2.67 bits per heavy atom. The van der Waals surface area contributed by atoms with E-state index in [4.69, 9.17) is 11.6 Å². The molecule has 1 aromatic rings. The highest BCUT2D eigenvalue weighted by Crippen LogP contribution is 2.34. The first-order chi connectivity index (χ1) is 6.99. The minimum atomic E-state index is -3.41. The predicted octanol–water partition coefficient (Wildman–Crippen LogP) is 1.41. The Bertz CT molecular complexity index is 450. The highest BCUT2D eigenvalue weighted by atomic mass is 79.9. The van der Waals surface area contributed by atoms with Crippen molar-refractivity contribution >= 4 is 48.9 Å². The molecule has 2 N–H and O–H groups in total. The largest absolute Gasteiger partial charge is 0.313 e. The van der Waals surface area contributed by atoms with E-state index < -0.39 is 10.0 Å². The van der Waals surface area contributed by atoms with Gasteiger partial charge in [-0.1, -0.05) is 11.6 Å². The van der Waals surface area contributed by atoms with E-state index in [0.717, 1.165) is 11.3 Å². The smallest absolute Gasteiger partial charge is 0.250 e. The zero-order chi connectivity index (χ0) is 11.1. The predicted molar refractivity (Wildman–Crippen MR) is 64.0 cm³/mol. The SMILES string of the molecule is O=S(=O)(NC1CNC1)c1cc(Cl)c(Br)s1. The van der Waals surface area contributed by atoms with Gasteiger partial charge < -0.3 is 5.32 Å². The molecule has 0 radical (unpaired) electrons. The number of nitrogens with one attached hydrogen (secondary N) is 2. The summed E-state index contributed by atoms with van der Waals surface area (Å²) in [4.78, 5) is 0. The molecular formula is C7H8BrClN2O2S2. The lowest BCUT2D eigenvalue weighted by molar-refractivity contribution is 0.410. The van der Waals surface area contributed by atoms with E-state index in [0.29, 0.717) is 21.9 Å². The molecule has 1 aliphatic heterocycles. The monoisotopic (exact) mass is 330 g/mol. The normalized spacial score (nSPS) is 17.7. The van der Waals surface area contributed by atoms with Gasteiger partial charge in [0.25, 0.3) is 0 Å². The van der Waals surface area contributed by atoms with Crippen LogP contribution in [0.3, 0.4) is 0 Å². The number of sulfonamides is 1. The molecule has 2 rings (SSSR count). The molecule has 8 heteroatoms. The van der Waals surface area contributed by atoms with E-state index in [1.807, 2.05) is 0 Å². The maximum Gasteiger partial charge on any atom is 0.250 e. The van der Waals surface area contributed by atoms with Crippen LogP contribution in [0.15, 0.2) is 14.1 Å². The summed E-state index contributed by atoms with van der Waals surface area (Å²) in [5.41, 5.74) is 0. The molecule has 4 nitrogen and oxygen atoms in total. The summed E-state index contributed by atoms with van der Waals surface area (Å²) >= 11 is 10.1. The van der Waals surface area contributed by atoms with Crippen LogP contribution in [0.5, 0.6) is 0 Å². The van der Waals surface area contributed by atoms with E-state index >= 15 is 0 Å². The van der Waals surface area contributed by atoms with Gasteiger partial charge in [-0.15, -0.1) is 11.3 Å². The Hall–Kier alpha value is 0.340. The molecule has 0 aliphatic carbocycles. The number of thiophene rings is 1. The van der Waals surface area contributed by atoms with Crippen LogP contribution in [-0.4, -0.2) is 27.5 Å². The van der Waals surface area contributed by atoms with Gasteiger partial charge in [0.1, 0.15) is 4.21 Å². The average Bonchev–Trinajstić information content (AvgIpc) is 2.41. The van der Waals surface area contributed by atoms with Crippen LogP contribution < -0.4 is 10.0 Å². The van der Waals surface area contributed by atoms with E-state index in [1.54, 1.807) is 0 Å². The molecule has 1 saturated heterocycles. The van der Waals surface area contributed by atoms with Crippen molar-refractivity contribution in [2.45, 2.75) is 10.3 Å². The van der Waals surface area contributed by atoms with Crippen LogP contribution >= 0.6 is 38.9 Å². The number of hydrogen-bond donors (Lipinski definition) is 2. The lowest BCUT2D eigenvalue weighted by Crippen LogP contribution is -2.56. The molecule has 0 aromatic carbocycles. The molecule has 0 amide bonds. The quantitative estimate of drug-likeness (QED) is 0.880. The Morgan fingerprint density at radius 2 is 2.27 bits per heavy atom. The van der Waals surface area contributed by atoms with Gasteiger partial charge in [0.15, 0.2) is 0 Å². The fourth-order valence-electron chi connectivity index (χ4n) is 1.11. The van der Waals surface area contributed by atoms with Crippen LogP contribution in [0.4, 0.5) is 0 Å². The van der Waals surface area contributed by atoms with Crippen molar-refractivity contribution in [1.82, 2.24) is 10.0 Å². The van der Waals surface area contributed by atoms with Crippen LogP contribution in [0, 0.1) is 0 Å². The maximum atomic E-state index is 11.8. The molecule has 0 spiro atoms. The van der Waals surface area contributed by atoms with E-state index in [1.165, 1.54) is 6.07 Å². The lowest BCUT2D eigenvalue weighted by atomic mass is 10.2. The molecular weight excluding hydrogens is 324 g/mol. The Morgan fingerprint density at radius 1 is 1.60 bits per heavy atom. The van der Waals surface area contributed by atoms with E-state index in [2.05, 4.69) is 26.0 Å². The highest BCUT2D eigenvalue weighted by Gasteiger charge is 2.26. The standard InChI is InChI=1S/C7H8BrClN2O2S2/c8-7-5(9)1-6(14-7)15(12,13)11-4-2-10-3-4/h1,4,10-11H,2-3H2. The van der Waals surface area contributed by atoms with Gasteiger partial charge >= 0.3 is 0 Å². The summed E-state index contributed by atoms with van der Waals surface area (Å²) in [5, 5.41) is 3.42. The summed E-state index contributed by atoms with van der Waals surface area (Å²) in [6.45, 7) is 1.36. The first kappa shape index (κ1) is 11.8. The Labute approximate surface area is 105 Å². The minimum Gasteiger partial charge on any atom is -0.313 e. The van der Waals surface area contributed by atoms with Crippen molar-refractivity contribution in [1.29, 1.82) is 0 Å². The third-order valence-electron chi connectivity index (χ3n) is 1.99. The third kappa shape index (κ3) is 2.54. The second-order valence-corrected chi connectivity index (χ2v) is 7.88. The van der Waals surface area contributed by atoms with Crippen LogP contribution in [0.2, 0.25) is 5.02 Å². The molecule has 0 unspecified atom stereocenters. The molecule has 2 heterocycles. The fraction of sp³-hybridized carbons (Fsp3) is 0.429. The Balaban J connectivity index is 2.20. The van der Waals surface area contributed by atoms with Gasteiger partial charge in [-0.3, -0.25) is 0 Å². The van der Waals surface area contributed by atoms with Gasteiger partial charge in [-0.25, -0.2) is 13.1 Å². The van der Waals surface area contributed by atoms with Crippen LogP contribution in [-0.2, 0) is 10.0 Å². The molecule has 1 fully saturated rings. The summed E-state index contributed by atoms with van der Waals surface area (Å²) in [6.07, 6.45) is 0. The van der Waals surface area contributed by atoms with Crippen molar-refractivity contribution < 1.29 is 8.42 Å². The second kappa shape index (κ2) is 4.31. The molecule has 15 heavy (non-hydrogen) atoms. The van der Waals surface area contributed by atoms with Crippen LogP contribution in [0.25, 0.3) is 0 Å². The zero-order valence-corrected chi connectivity index (χ0v) is 11.4. The summed E-state index contributed by atoms with van der Waals surface area (Å²) < 4.78 is 27.1. The van der Waals surface area contributed by atoms with Crippen molar-refractivity contribution in [3.05, 3.63) is 14.9 Å². The summed E-state index contributed by atoms with van der Waals surface area (Å²) in [5.74, 6) is 0. The summed E-state index contributed by atoms with van der Waals surface area (Å²) in [7, 11) is -3.41. The molecule has 1 aliphatic rings. The Kier molecular flexibility index (Phi) is 3.39. The molecule has 0 saturated carbocycles. The first-order valence-electron chi connectivity index (χ1n) is 4.17. The number of rotatable bonds is 3. The molecule has 0 bridgehead atoms. The number of hydrogen-bond acceptors (Lipinski definition) is 4. The first-order valence-corrected chi connectivity index (χ1v) is 7.64. The maximum absolute atomic E-state index is 11.8. The number of halogens is 2. The van der Waals surface area contributed by atoms with Crippen molar-refractivity contribution in [3.63, 3.8) is 0 Å². The molecule has 0 atom stereocenters. The van der Waals surface area contributed by atoms with Gasteiger partial charge in [0.2, 0.25) is 10.0 Å². The second-order valence-electron chi connectivity index (χ2n) is 3.16. The highest BCUT2D eigenvalue weighted by molar-refractivity contribution is 9.11. The third-order valence-corrected chi connectivity index (χ3v) is 6.46. The van der Waals surface area contributed by atoms with Crippen molar-refractivity contribution in [3.8, 4) is 0 Å². The van der Waals surface area contributed by atoms with Gasteiger partial charge in [0.05, 0.1) is 8.81 Å². The van der Waals surface area contributed by atoms with Crippen molar-refractivity contribution in [2.75, 3.05) is 13.1 Å². The lowest BCUT2D eigenvalue weighted by Gasteiger charge is -2.27. The van der Waals surface area contributed by atoms with Gasteiger partial charge in [-0.2, -0.15) is 0 Å². The van der Waals surface area contributed by atoms with Gasteiger partial charge in [-0.05, 0) is 22.0 Å². The van der Waals surface area contributed by atoms with E-state index in [-0.39, 0.29) is 10.3 Å². The van der Waals surface area contributed by atoms with Crippen LogP contribution in [0.1, 0.15) is 0 Å². The van der Waals surface area contributed by atoms with E-state index in [9.17, 15) is 8.42 Å². The van der Waals surface area contributed by atoms with Gasteiger partial charge in [0, 0.05) is 19.1 Å². The summed E-state index contributed by atoms with van der Waals surface area (Å²) in [6, 6.07) is 1.44. The molecule has 84 valence electrons. The average molecular weight is 332 g/mol. The fourth-order valence-corrected chi connectivity index (χ4v) is 4.76. The van der Waals surface area contributed by atoms with Crippen molar-refractivity contribution in [2.24, 2.45) is 0 Å². The minimum absolute atomic E-state index is 0.00495.